The summed E-state index contributed by atoms with van der Waals surface area (Å²) in [4.78, 5) is 10.7. The van der Waals surface area contributed by atoms with Gasteiger partial charge in [0.05, 0.1) is 6.61 Å². The Labute approximate surface area is 85.2 Å². The highest BCUT2D eigenvalue weighted by atomic mass is 16.5. The predicted octanol–water partition coefficient (Wildman–Crippen LogP) is 0.124. The van der Waals surface area contributed by atoms with E-state index >= 15 is 0 Å². The molecule has 1 aliphatic rings. The number of primary amides is 1. The SMILES string of the molecule is CC(CNCCOCC1CC1)C(N)=O. The summed E-state index contributed by atoms with van der Waals surface area (Å²) < 4.78 is 5.42. The maximum atomic E-state index is 10.7. The van der Waals surface area contributed by atoms with Gasteiger partial charge in [-0.3, -0.25) is 4.79 Å². The number of carbonyl (C=O) groups excluding carboxylic acids is 1. The standard InChI is InChI=1S/C10H20N2O2/c1-8(10(11)13)6-12-4-5-14-7-9-2-3-9/h8-9,12H,2-7H2,1H3,(H2,11,13). The molecule has 0 aromatic rings. The van der Waals surface area contributed by atoms with Crippen LogP contribution >= 0.6 is 0 Å². The van der Waals surface area contributed by atoms with Crippen molar-refractivity contribution in [1.82, 2.24) is 5.32 Å². The zero-order chi connectivity index (χ0) is 10.4. The Bertz CT molecular complexity index is 181. The first-order chi connectivity index (χ1) is 6.70. The van der Waals surface area contributed by atoms with E-state index in [1.165, 1.54) is 12.8 Å². The van der Waals surface area contributed by atoms with Crippen molar-refractivity contribution in [3.63, 3.8) is 0 Å². The fourth-order valence-corrected chi connectivity index (χ4v) is 1.10. The molecule has 1 atom stereocenters. The molecule has 0 aliphatic heterocycles. The van der Waals surface area contributed by atoms with Crippen LogP contribution in [-0.4, -0.2) is 32.2 Å². The lowest BCUT2D eigenvalue weighted by Gasteiger charge is -2.08. The third-order valence-corrected chi connectivity index (χ3v) is 2.41. The summed E-state index contributed by atoms with van der Waals surface area (Å²) in [7, 11) is 0. The first-order valence-electron chi connectivity index (χ1n) is 5.28. The molecule has 0 saturated heterocycles. The molecule has 0 aromatic carbocycles. The van der Waals surface area contributed by atoms with Crippen LogP contribution in [0.3, 0.4) is 0 Å². The smallest absolute Gasteiger partial charge is 0.221 e. The zero-order valence-corrected chi connectivity index (χ0v) is 8.79. The fourth-order valence-electron chi connectivity index (χ4n) is 1.10. The highest BCUT2D eigenvalue weighted by molar-refractivity contribution is 5.76. The van der Waals surface area contributed by atoms with Gasteiger partial charge in [-0.15, -0.1) is 0 Å². The molecule has 4 nitrogen and oxygen atoms in total. The summed E-state index contributed by atoms with van der Waals surface area (Å²) in [6.45, 7) is 4.88. The Kier molecular flexibility index (Phi) is 4.90. The van der Waals surface area contributed by atoms with Gasteiger partial charge in [0.2, 0.25) is 5.91 Å². The van der Waals surface area contributed by atoms with Gasteiger partial charge in [0.1, 0.15) is 0 Å². The van der Waals surface area contributed by atoms with Crippen molar-refractivity contribution in [3.05, 3.63) is 0 Å². The number of amides is 1. The van der Waals surface area contributed by atoms with Gasteiger partial charge in [-0.25, -0.2) is 0 Å². The molecule has 1 amide bonds. The van der Waals surface area contributed by atoms with E-state index in [0.29, 0.717) is 6.54 Å². The van der Waals surface area contributed by atoms with E-state index in [1.54, 1.807) is 0 Å². The van der Waals surface area contributed by atoms with Crippen molar-refractivity contribution in [1.29, 1.82) is 0 Å². The van der Waals surface area contributed by atoms with Crippen molar-refractivity contribution in [2.75, 3.05) is 26.3 Å². The van der Waals surface area contributed by atoms with E-state index in [4.69, 9.17) is 10.5 Å². The number of nitrogens with two attached hydrogens (primary N) is 1. The minimum absolute atomic E-state index is 0.0987. The van der Waals surface area contributed by atoms with E-state index in [-0.39, 0.29) is 11.8 Å². The minimum atomic E-state index is -0.253. The number of carbonyl (C=O) groups is 1. The second-order valence-corrected chi connectivity index (χ2v) is 4.03. The first kappa shape index (κ1) is 11.5. The third-order valence-electron chi connectivity index (χ3n) is 2.41. The summed E-state index contributed by atoms with van der Waals surface area (Å²) in [5.41, 5.74) is 5.11. The van der Waals surface area contributed by atoms with Crippen molar-refractivity contribution < 1.29 is 9.53 Å². The van der Waals surface area contributed by atoms with Crippen LogP contribution < -0.4 is 11.1 Å². The molecule has 0 bridgehead atoms. The molecular weight excluding hydrogens is 180 g/mol. The summed E-state index contributed by atoms with van der Waals surface area (Å²) in [5, 5.41) is 3.13. The zero-order valence-electron chi connectivity index (χ0n) is 8.79. The van der Waals surface area contributed by atoms with Crippen LogP contribution in [0.1, 0.15) is 19.8 Å². The Hall–Kier alpha value is -0.610. The molecule has 0 spiro atoms. The topological polar surface area (TPSA) is 64.3 Å². The number of ether oxygens (including phenoxy) is 1. The largest absolute Gasteiger partial charge is 0.380 e. The first-order valence-corrected chi connectivity index (χ1v) is 5.28. The van der Waals surface area contributed by atoms with E-state index in [0.717, 1.165) is 25.7 Å². The molecule has 1 fully saturated rings. The van der Waals surface area contributed by atoms with Gasteiger partial charge in [-0.2, -0.15) is 0 Å². The van der Waals surface area contributed by atoms with Crippen LogP contribution in [0.5, 0.6) is 0 Å². The molecule has 1 aliphatic carbocycles. The van der Waals surface area contributed by atoms with Gasteiger partial charge in [0.25, 0.3) is 0 Å². The Balaban J connectivity index is 1.80. The molecule has 14 heavy (non-hydrogen) atoms. The van der Waals surface area contributed by atoms with E-state index in [2.05, 4.69) is 5.32 Å². The van der Waals surface area contributed by atoms with Crippen LogP contribution in [0, 0.1) is 11.8 Å². The molecule has 0 heterocycles. The van der Waals surface area contributed by atoms with Crippen LogP contribution in [0.25, 0.3) is 0 Å². The monoisotopic (exact) mass is 200 g/mol. The van der Waals surface area contributed by atoms with E-state index in [9.17, 15) is 4.79 Å². The maximum absolute atomic E-state index is 10.7. The molecule has 1 rings (SSSR count). The highest BCUT2D eigenvalue weighted by Gasteiger charge is 2.20. The fraction of sp³-hybridized carbons (Fsp3) is 0.900. The normalized spacial score (nSPS) is 18.1. The summed E-state index contributed by atoms with van der Waals surface area (Å²) in [6.07, 6.45) is 2.65. The van der Waals surface area contributed by atoms with Gasteiger partial charge in [-0.05, 0) is 18.8 Å². The number of hydrogen-bond acceptors (Lipinski definition) is 3. The molecule has 0 aromatic heterocycles. The van der Waals surface area contributed by atoms with E-state index in [1.807, 2.05) is 6.92 Å². The molecule has 1 unspecified atom stereocenters. The maximum Gasteiger partial charge on any atom is 0.221 e. The van der Waals surface area contributed by atoms with Crippen LogP contribution in [-0.2, 0) is 9.53 Å². The molecular formula is C10H20N2O2. The third kappa shape index (κ3) is 5.19. The second-order valence-electron chi connectivity index (χ2n) is 4.03. The van der Waals surface area contributed by atoms with Crippen LogP contribution in [0.2, 0.25) is 0 Å². The highest BCUT2D eigenvalue weighted by Crippen LogP contribution is 2.28. The molecule has 1 saturated carbocycles. The molecule has 3 N–H and O–H groups in total. The molecule has 0 radical (unpaired) electrons. The van der Waals surface area contributed by atoms with Gasteiger partial charge >= 0.3 is 0 Å². The lowest BCUT2D eigenvalue weighted by molar-refractivity contribution is -0.121. The van der Waals surface area contributed by atoms with Crippen molar-refractivity contribution in [2.24, 2.45) is 17.6 Å². The molecule has 4 heteroatoms. The number of hydrogen-bond donors (Lipinski definition) is 2. The van der Waals surface area contributed by atoms with Crippen LogP contribution in [0.15, 0.2) is 0 Å². The summed E-state index contributed by atoms with van der Waals surface area (Å²) in [6, 6.07) is 0. The predicted molar refractivity (Wildman–Crippen MR) is 54.8 cm³/mol. The van der Waals surface area contributed by atoms with E-state index < -0.39 is 0 Å². The van der Waals surface area contributed by atoms with Crippen molar-refractivity contribution >= 4 is 5.91 Å². The Morgan fingerprint density at radius 3 is 2.93 bits per heavy atom. The minimum Gasteiger partial charge on any atom is -0.380 e. The second kappa shape index (κ2) is 5.98. The summed E-state index contributed by atoms with van der Waals surface area (Å²) in [5.74, 6) is 0.467. The van der Waals surface area contributed by atoms with Gasteiger partial charge in [-0.1, -0.05) is 6.92 Å². The lowest BCUT2D eigenvalue weighted by atomic mass is 10.2. The number of rotatable bonds is 8. The summed E-state index contributed by atoms with van der Waals surface area (Å²) >= 11 is 0. The number of nitrogens with one attached hydrogen (secondary N) is 1. The quantitative estimate of drug-likeness (QED) is 0.547. The van der Waals surface area contributed by atoms with Gasteiger partial charge in [0, 0.05) is 25.6 Å². The van der Waals surface area contributed by atoms with Crippen LogP contribution in [0.4, 0.5) is 0 Å². The molecule has 82 valence electrons. The Morgan fingerprint density at radius 2 is 2.36 bits per heavy atom. The van der Waals surface area contributed by atoms with Gasteiger partial charge < -0.3 is 15.8 Å². The average molecular weight is 200 g/mol. The van der Waals surface area contributed by atoms with Gasteiger partial charge in [0.15, 0.2) is 0 Å². The Morgan fingerprint density at radius 1 is 1.64 bits per heavy atom. The average Bonchev–Trinajstić information content (AvgIpc) is 2.94. The van der Waals surface area contributed by atoms with Crippen molar-refractivity contribution in [2.45, 2.75) is 19.8 Å². The lowest BCUT2D eigenvalue weighted by Crippen LogP contribution is -2.32. The van der Waals surface area contributed by atoms with Crippen molar-refractivity contribution in [3.8, 4) is 0 Å².